The molecule has 8 nitrogen and oxygen atoms in total. The number of fused-ring (bicyclic) bond motifs is 1. The molecule has 5 rings (SSSR count). The standard InChI is InChI=1S/C28H31N5O3S2/c1-38(35,36)32-13-10-23(11-14-32)33-18-26(20-3-2-4-21(16-20)28(29)37)25-8-6-19(15-27(25)33)5-7-24(34)17-22-9-12-30-31-22/h2-4,6,8-9,12,15-16,18,23H,5,7,10-11,13-14,17H2,1H3,(H2,29,37)(H,30,31). The van der Waals surface area contributed by atoms with E-state index >= 15 is 0 Å². The molecule has 2 aromatic heterocycles. The predicted octanol–water partition coefficient (Wildman–Crippen LogP) is 4.01. The fourth-order valence-corrected chi connectivity index (χ4v) is 6.25. The van der Waals surface area contributed by atoms with Gasteiger partial charge in [0.1, 0.15) is 10.8 Å². The van der Waals surface area contributed by atoms with Crippen molar-refractivity contribution in [1.82, 2.24) is 19.1 Å². The number of ketones is 1. The molecule has 3 N–H and O–H groups in total. The number of nitrogens with zero attached hydrogens (tertiary/aromatic N) is 3. The second-order valence-corrected chi connectivity index (χ2v) is 12.4. The number of carbonyl (C=O) groups is 1. The molecule has 4 aromatic rings. The van der Waals surface area contributed by atoms with E-state index in [9.17, 15) is 13.2 Å². The molecule has 1 saturated heterocycles. The molecule has 0 bridgehead atoms. The molecular formula is C28H31N5O3S2. The second kappa shape index (κ2) is 10.8. The maximum absolute atomic E-state index is 12.5. The number of Topliss-reactive ketones (excluding diaryl/α,β-unsaturated/α-hetero) is 1. The smallest absolute Gasteiger partial charge is 0.211 e. The lowest BCUT2D eigenvalue weighted by atomic mass is 10.00. The molecule has 0 spiro atoms. The fraction of sp³-hybridized carbons (Fsp3) is 0.321. The van der Waals surface area contributed by atoms with Gasteiger partial charge in [0.05, 0.1) is 6.26 Å². The van der Waals surface area contributed by atoms with Gasteiger partial charge in [0.25, 0.3) is 0 Å². The summed E-state index contributed by atoms with van der Waals surface area (Å²) in [7, 11) is -3.20. The Morgan fingerprint density at radius 1 is 1.16 bits per heavy atom. The topological polar surface area (TPSA) is 114 Å². The molecule has 1 aliphatic heterocycles. The van der Waals surface area contributed by atoms with E-state index in [0.717, 1.165) is 51.7 Å². The highest BCUT2D eigenvalue weighted by atomic mass is 32.2. The fourth-order valence-electron chi connectivity index (χ4n) is 5.24. The van der Waals surface area contributed by atoms with Crippen molar-refractivity contribution in [2.24, 2.45) is 5.73 Å². The van der Waals surface area contributed by atoms with E-state index in [-0.39, 0.29) is 11.8 Å². The van der Waals surface area contributed by atoms with Crippen LogP contribution < -0.4 is 5.73 Å². The van der Waals surface area contributed by atoms with Crippen LogP contribution in [0, 0.1) is 0 Å². The number of rotatable bonds is 9. The molecule has 0 unspecified atom stereocenters. The summed E-state index contributed by atoms with van der Waals surface area (Å²) in [5.41, 5.74) is 11.8. The molecule has 0 aliphatic carbocycles. The number of nitrogens with two attached hydrogens (primary N) is 1. The van der Waals surface area contributed by atoms with Gasteiger partial charge >= 0.3 is 0 Å². The van der Waals surface area contributed by atoms with Crippen LogP contribution in [0.5, 0.6) is 0 Å². The quantitative estimate of drug-likeness (QED) is 0.305. The van der Waals surface area contributed by atoms with Crippen molar-refractivity contribution in [2.75, 3.05) is 19.3 Å². The summed E-state index contributed by atoms with van der Waals surface area (Å²) < 4.78 is 27.9. The molecule has 1 aliphatic rings. The molecular weight excluding hydrogens is 518 g/mol. The zero-order valence-corrected chi connectivity index (χ0v) is 22.9. The minimum atomic E-state index is -3.20. The third-order valence-electron chi connectivity index (χ3n) is 7.28. The Bertz CT molecular complexity index is 1580. The Labute approximate surface area is 227 Å². The molecule has 3 heterocycles. The summed E-state index contributed by atoms with van der Waals surface area (Å²) in [4.78, 5) is 12.9. The van der Waals surface area contributed by atoms with Gasteiger partial charge in [0.2, 0.25) is 10.0 Å². The molecule has 10 heteroatoms. The average molecular weight is 550 g/mol. The van der Waals surface area contributed by atoms with Crippen LogP contribution in [0.3, 0.4) is 0 Å². The van der Waals surface area contributed by atoms with Crippen LogP contribution >= 0.6 is 12.2 Å². The van der Waals surface area contributed by atoms with E-state index in [1.165, 1.54) is 6.26 Å². The second-order valence-electron chi connectivity index (χ2n) is 9.94. The number of hydrogen-bond acceptors (Lipinski definition) is 5. The third kappa shape index (κ3) is 5.72. The van der Waals surface area contributed by atoms with E-state index in [1.807, 2.05) is 24.3 Å². The molecule has 0 amide bonds. The van der Waals surface area contributed by atoms with Crippen molar-refractivity contribution in [3.8, 4) is 11.1 Å². The maximum atomic E-state index is 12.5. The SMILES string of the molecule is CS(=O)(=O)N1CCC(n2cc(-c3cccc(C(N)=S)c3)c3ccc(CCC(=O)Cc4ccn[nH]4)cc32)CC1. The van der Waals surface area contributed by atoms with Crippen LogP contribution in [-0.4, -0.2) is 57.6 Å². The molecule has 2 aromatic carbocycles. The number of piperidine rings is 1. The predicted molar refractivity (Wildman–Crippen MR) is 154 cm³/mol. The Morgan fingerprint density at radius 2 is 1.95 bits per heavy atom. The zero-order chi connectivity index (χ0) is 26.9. The third-order valence-corrected chi connectivity index (χ3v) is 8.82. The van der Waals surface area contributed by atoms with Crippen molar-refractivity contribution in [3.05, 3.63) is 77.7 Å². The zero-order valence-electron chi connectivity index (χ0n) is 21.3. The monoisotopic (exact) mass is 549 g/mol. The molecule has 1 fully saturated rings. The normalized spacial score (nSPS) is 15.2. The van der Waals surface area contributed by atoms with Crippen molar-refractivity contribution in [1.29, 1.82) is 0 Å². The highest BCUT2D eigenvalue weighted by Crippen LogP contribution is 2.36. The van der Waals surface area contributed by atoms with Gasteiger partial charge in [-0.05, 0) is 48.6 Å². The van der Waals surface area contributed by atoms with Gasteiger partial charge in [0.15, 0.2) is 0 Å². The molecule has 0 radical (unpaired) electrons. The van der Waals surface area contributed by atoms with Gasteiger partial charge in [-0.25, -0.2) is 12.7 Å². The van der Waals surface area contributed by atoms with Gasteiger partial charge in [-0.1, -0.05) is 42.5 Å². The molecule has 38 heavy (non-hydrogen) atoms. The van der Waals surface area contributed by atoms with Gasteiger partial charge in [-0.3, -0.25) is 9.89 Å². The summed E-state index contributed by atoms with van der Waals surface area (Å²) in [6.07, 6.45) is 7.99. The number of aromatic amines is 1. The van der Waals surface area contributed by atoms with Crippen LogP contribution in [0.4, 0.5) is 0 Å². The van der Waals surface area contributed by atoms with Gasteiger partial charge < -0.3 is 10.3 Å². The number of H-pyrrole nitrogens is 1. The minimum Gasteiger partial charge on any atom is -0.389 e. The van der Waals surface area contributed by atoms with E-state index in [2.05, 4.69) is 45.2 Å². The number of sulfonamides is 1. The number of hydrogen-bond donors (Lipinski definition) is 2. The van der Waals surface area contributed by atoms with Crippen LogP contribution in [-0.2, 0) is 27.7 Å². The van der Waals surface area contributed by atoms with E-state index in [0.29, 0.717) is 37.3 Å². The van der Waals surface area contributed by atoms with E-state index in [1.54, 1.807) is 10.5 Å². The van der Waals surface area contributed by atoms with E-state index in [4.69, 9.17) is 18.0 Å². The van der Waals surface area contributed by atoms with Crippen LogP contribution in [0.25, 0.3) is 22.0 Å². The summed E-state index contributed by atoms with van der Waals surface area (Å²) in [5, 5.41) is 7.86. The van der Waals surface area contributed by atoms with Crippen LogP contribution in [0.15, 0.2) is 60.9 Å². The lowest BCUT2D eigenvalue weighted by molar-refractivity contribution is -0.118. The molecule has 0 atom stereocenters. The van der Waals surface area contributed by atoms with Crippen molar-refractivity contribution < 1.29 is 13.2 Å². The first-order chi connectivity index (χ1) is 18.2. The van der Waals surface area contributed by atoms with Crippen molar-refractivity contribution in [2.45, 2.75) is 38.1 Å². The average Bonchev–Trinajstić information content (AvgIpc) is 3.55. The Hall–Kier alpha value is -3.34. The van der Waals surface area contributed by atoms with Crippen molar-refractivity contribution in [3.63, 3.8) is 0 Å². The first-order valence-corrected chi connectivity index (χ1v) is 14.9. The van der Waals surface area contributed by atoms with Crippen LogP contribution in [0.2, 0.25) is 0 Å². The molecule has 0 saturated carbocycles. The summed E-state index contributed by atoms with van der Waals surface area (Å²) >= 11 is 5.21. The van der Waals surface area contributed by atoms with Gasteiger partial charge in [0, 0.05) is 72.1 Å². The number of benzene rings is 2. The number of aryl methyl sites for hydroxylation is 1. The van der Waals surface area contributed by atoms with Gasteiger partial charge in [-0.2, -0.15) is 5.10 Å². The largest absolute Gasteiger partial charge is 0.389 e. The number of thiocarbonyl (C=S) groups is 1. The Balaban J connectivity index is 1.47. The number of carbonyl (C=O) groups excluding carboxylic acids is 1. The molecule has 198 valence electrons. The Morgan fingerprint density at radius 3 is 2.63 bits per heavy atom. The van der Waals surface area contributed by atoms with Crippen molar-refractivity contribution >= 4 is 43.9 Å². The van der Waals surface area contributed by atoms with Gasteiger partial charge in [-0.15, -0.1) is 0 Å². The van der Waals surface area contributed by atoms with Crippen LogP contribution in [0.1, 0.15) is 42.1 Å². The summed E-state index contributed by atoms with van der Waals surface area (Å²) in [6.45, 7) is 0.995. The lowest BCUT2D eigenvalue weighted by Gasteiger charge is -2.31. The highest BCUT2D eigenvalue weighted by Gasteiger charge is 2.27. The number of aromatic nitrogens is 3. The summed E-state index contributed by atoms with van der Waals surface area (Å²) in [6, 6.07) is 16.3. The van der Waals surface area contributed by atoms with E-state index < -0.39 is 10.0 Å². The number of nitrogens with one attached hydrogen (secondary N) is 1. The maximum Gasteiger partial charge on any atom is 0.211 e. The highest BCUT2D eigenvalue weighted by molar-refractivity contribution is 7.88. The lowest BCUT2D eigenvalue weighted by Crippen LogP contribution is -2.38. The Kier molecular flexibility index (Phi) is 7.47. The summed E-state index contributed by atoms with van der Waals surface area (Å²) in [5.74, 6) is 0.160. The first kappa shape index (κ1) is 26.3. The minimum absolute atomic E-state index is 0.160. The first-order valence-electron chi connectivity index (χ1n) is 12.7.